The molecular formula is C16H17N3O2. The molecule has 1 amide bonds. The molecule has 0 heterocycles. The molecule has 0 aliphatic carbocycles. The van der Waals surface area contributed by atoms with Crippen LogP contribution in [0.25, 0.3) is 0 Å². The molecule has 2 aromatic carbocycles. The highest BCUT2D eigenvalue weighted by atomic mass is 16.3. The summed E-state index contributed by atoms with van der Waals surface area (Å²) in [7, 11) is 3.82. The van der Waals surface area contributed by atoms with Crippen LogP contribution in [-0.4, -0.2) is 31.3 Å². The maximum Gasteiger partial charge on any atom is 0.271 e. The van der Waals surface area contributed by atoms with Gasteiger partial charge in [-0.25, -0.2) is 5.43 Å². The van der Waals surface area contributed by atoms with Gasteiger partial charge in [-0.3, -0.25) is 4.79 Å². The zero-order chi connectivity index (χ0) is 15.2. The van der Waals surface area contributed by atoms with Crippen molar-refractivity contribution in [3.63, 3.8) is 0 Å². The predicted molar refractivity (Wildman–Crippen MR) is 83.9 cm³/mol. The van der Waals surface area contributed by atoms with Gasteiger partial charge in [-0.05, 0) is 30.3 Å². The molecule has 2 rings (SSSR count). The fourth-order valence-corrected chi connectivity index (χ4v) is 1.75. The van der Waals surface area contributed by atoms with E-state index in [9.17, 15) is 9.90 Å². The third kappa shape index (κ3) is 3.82. The lowest BCUT2D eigenvalue weighted by molar-refractivity contribution is 0.0955. The van der Waals surface area contributed by atoms with E-state index in [1.165, 1.54) is 6.21 Å². The van der Waals surface area contributed by atoms with Gasteiger partial charge in [0.2, 0.25) is 0 Å². The first-order valence-corrected chi connectivity index (χ1v) is 6.46. The first kappa shape index (κ1) is 14.6. The van der Waals surface area contributed by atoms with Crippen molar-refractivity contribution in [2.24, 2.45) is 5.10 Å². The van der Waals surface area contributed by atoms with E-state index in [4.69, 9.17) is 0 Å². The van der Waals surface area contributed by atoms with Crippen LogP contribution < -0.4 is 10.3 Å². The van der Waals surface area contributed by atoms with Crippen molar-refractivity contribution in [2.45, 2.75) is 0 Å². The van der Waals surface area contributed by atoms with Crippen LogP contribution in [0.15, 0.2) is 53.6 Å². The van der Waals surface area contributed by atoms with Gasteiger partial charge >= 0.3 is 0 Å². The minimum atomic E-state index is -0.301. The summed E-state index contributed by atoms with van der Waals surface area (Å²) in [5.41, 5.74) is 4.44. The number of aromatic hydroxyl groups is 1. The Hall–Kier alpha value is -2.82. The molecule has 0 atom stereocenters. The van der Waals surface area contributed by atoms with E-state index < -0.39 is 0 Å². The van der Waals surface area contributed by atoms with Crippen LogP contribution in [-0.2, 0) is 0 Å². The van der Waals surface area contributed by atoms with Gasteiger partial charge in [0.1, 0.15) is 5.75 Å². The van der Waals surface area contributed by atoms with Crippen molar-refractivity contribution in [3.8, 4) is 5.75 Å². The van der Waals surface area contributed by atoms with E-state index in [-0.39, 0.29) is 11.7 Å². The van der Waals surface area contributed by atoms with Crippen LogP contribution in [0.1, 0.15) is 15.9 Å². The summed E-state index contributed by atoms with van der Waals surface area (Å²) < 4.78 is 0. The van der Waals surface area contributed by atoms with E-state index in [2.05, 4.69) is 10.5 Å². The zero-order valence-corrected chi connectivity index (χ0v) is 11.9. The monoisotopic (exact) mass is 283 g/mol. The van der Waals surface area contributed by atoms with Crippen LogP contribution in [0.4, 0.5) is 5.69 Å². The lowest BCUT2D eigenvalue weighted by atomic mass is 10.2. The quantitative estimate of drug-likeness (QED) is 0.668. The number of nitrogens with one attached hydrogen (secondary N) is 1. The van der Waals surface area contributed by atoms with Crippen molar-refractivity contribution >= 4 is 17.8 Å². The number of benzene rings is 2. The molecule has 5 heteroatoms. The SMILES string of the molecule is CN(C)c1cccc(C(=O)NN=Cc2ccccc2O)c1. The van der Waals surface area contributed by atoms with Crippen molar-refractivity contribution in [2.75, 3.05) is 19.0 Å². The first-order valence-electron chi connectivity index (χ1n) is 6.46. The molecule has 5 nitrogen and oxygen atoms in total. The molecule has 0 aliphatic rings. The maximum atomic E-state index is 12.0. The third-order valence-corrected chi connectivity index (χ3v) is 2.93. The van der Waals surface area contributed by atoms with E-state index >= 15 is 0 Å². The van der Waals surface area contributed by atoms with Crippen molar-refractivity contribution in [3.05, 3.63) is 59.7 Å². The van der Waals surface area contributed by atoms with E-state index in [1.54, 1.807) is 36.4 Å². The number of phenolic OH excluding ortho intramolecular Hbond substituents is 1. The summed E-state index contributed by atoms with van der Waals surface area (Å²) in [4.78, 5) is 13.9. The Bertz CT molecular complexity index is 666. The standard InChI is InChI=1S/C16H17N3O2/c1-19(2)14-8-5-7-12(10-14)16(21)18-17-11-13-6-3-4-9-15(13)20/h3-11,20H,1-2H3,(H,18,21). The number of hydrogen-bond donors (Lipinski definition) is 2. The van der Waals surface area contributed by atoms with Crippen LogP contribution in [0.2, 0.25) is 0 Å². The van der Waals surface area contributed by atoms with Gasteiger partial charge in [-0.2, -0.15) is 5.10 Å². The Morgan fingerprint density at radius 1 is 1.19 bits per heavy atom. The topological polar surface area (TPSA) is 64.9 Å². The minimum Gasteiger partial charge on any atom is -0.507 e. The molecule has 0 saturated heterocycles. The lowest BCUT2D eigenvalue weighted by Gasteiger charge is -2.12. The highest BCUT2D eigenvalue weighted by Crippen LogP contribution is 2.14. The summed E-state index contributed by atoms with van der Waals surface area (Å²) in [6.45, 7) is 0. The Kier molecular flexibility index (Phi) is 4.56. The highest BCUT2D eigenvalue weighted by Gasteiger charge is 2.05. The van der Waals surface area contributed by atoms with E-state index in [0.717, 1.165) is 5.69 Å². The second kappa shape index (κ2) is 6.56. The Morgan fingerprint density at radius 3 is 2.67 bits per heavy atom. The van der Waals surface area contributed by atoms with Crippen molar-refractivity contribution < 1.29 is 9.90 Å². The molecule has 21 heavy (non-hydrogen) atoms. The summed E-state index contributed by atoms with van der Waals surface area (Å²) in [6.07, 6.45) is 1.41. The maximum absolute atomic E-state index is 12.0. The molecule has 0 fully saturated rings. The predicted octanol–water partition coefficient (Wildman–Crippen LogP) is 2.22. The number of anilines is 1. The Labute approximate surface area is 123 Å². The van der Waals surface area contributed by atoms with Gasteiger partial charge in [0.15, 0.2) is 0 Å². The lowest BCUT2D eigenvalue weighted by Crippen LogP contribution is -2.18. The average molecular weight is 283 g/mol. The third-order valence-electron chi connectivity index (χ3n) is 2.93. The van der Waals surface area contributed by atoms with Gasteiger partial charge < -0.3 is 10.0 Å². The summed E-state index contributed by atoms with van der Waals surface area (Å²) in [5, 5.41) is 13.4. The molecule has 0 aliphatic heterocycles. The summed E-state index contributed by atoms with van der Waals surface area (Å²) >= 11 is 0. The van der Waals surface area contributed by atoms with Gasteiger partial charge in [0, 0.05) is 30.9 Å². The van der Waals surface area contributed by atoms with Crippen LogP contribution >= 0.6 is 0 Å². The molecular weight excluding hydrogens is 266 g/mol. The molecule has 0 spiro atoms. The normalized spacial score (nSPS) is 10.6. The molecule has 2 N–H and O–H groups in total. The van der Waals surface area contributed by atoms with Gasteiger partial charge in [0.05, 0.1) is 6.21 Å². The molecule has 0 saturated carbocycles. The van der Waals surface area contributed by atoms with Crippen LogP contribution in [0.3, 0.4) is 0 Å². The molecule has 0 unspecified atom stereocenters. The number of para-hydroxylation sites is 1. The second-order valence-corrected chi connectivity index (χ2v) is 4.70. The fourth-order valence-electron chi connectivity index (χ4n) is 1.75. The fraction of sp³-hybridized carbons (Fsp3) is 0.125. The van der Waals surface area contributed by atoms with Crippen molar-refractivity contribution in [1.82, 2.24) is 5.43 Å². The molecule has 0 aromatic heterocycles. The first-order chi connectivity index (χ1) is 10.1. The molecule has 0 bridgehead atoms. The largest absolute Gasteiger partial charge is 0.507 e. The van der Waals surface area contributed by atoms with Gasteiger partial charge in [0.25, 0.3) is 5.91 Å². The minimum absolute atomic E-state index is 0.116. The number of carbonyl (C=O) groups is 1. The van der Waals surface area contributed by atoms with Gasteiger partial charge in [-0.1, -0.05) is 18.2 Å². The Balaban J connectivity index is 2.05. The number of carbonyl (C=O) groups excluding carboxylic acids is 1. The zero-order valence-electron chi connectivity index (χ0n) is 11.9. The number of phenols is 1. The van der Waals surface area contributed by atoms with Gasteiger partial charge in [-0.15, -0.1) is 0 Å². The summed E-state index contributed by atoms with van der Waals surface area (Å²) in [6, 6.07) is 14.0. The van der Waals surface area contributed by atoms with E-state index in [0.29, 0.717) is 11.1 Å². The Morgan fingerprint density at radius 2 is 1.95 bits per heavy atom. The highest BCUT2D eigenvalue weighted by molar-refractivity contribution is 5.95. The number of amides is 1. The number of hydrazone groups is 1. The smallest absolute Gasteiger partial charge is 0.271 e. The molecule has 0 radical (unpaired) electrons. The second-order valence-electron chi connectivity index (χ2n) is 4.70. The number of hydrogen-bond acceptors (Lipinski definition) is 4. The molecule has 2 aromatic rings. The van der Waals surface area contributed by atoms with E-state index in [1.807, 2.05) is 31.1 Å². The van der Waals surface area contributed by atoms with Crippen LogP contribution in [0.5, 0.6) is 5.75 Å². The number of nitrogens with zero attached hydrogens (tertiary/aromatic N) is 2. The number of rotatable bonds is 4. The average Bonchev–Trinajstić information content (AvgIpc) is 2.49. The van der Waals surface area contributed by atoms with Crippen molar-refractivity contribution in [1.29, 1.82) is 0 Å². The van der Waals surface area contributed by atoms with Crippen LogP contribution in [0, 0.1) is 0 Å². The molecule has 108 valence electrons. The summed E-state index contributed by atoms with van der Waals surface area (Å²) in [5.74, 6) is -0.185.